The molecule has 0 bridgehead atoms. The van der Waals surface area contributed by atoms with Crippen LogP contribution in [-0.2, 0) is 10.5 Å². The van der Waals surface area contributed by atoms with Crippen molar-refractivity contribution in [2.75, 3.05) is 11.1 Å². The Morgan fingerprint density at radius 1 is 1.09 bits per heavy atom. The molecule has 0 unspecified atom stereocenters. The molecule has 2 rings (SSSR count). The maximum absolute atomic E-state index is 12.8. The maximum Gasteiger partial charge on any atom is 0.234 e. The van der Waals surface area contributed by atoms with Gasteiger partial charge in [-0.2, -0.15) is 0 Å². The summed E-state index contributed by atoms with van der Waals surface area (Å²) in [4.78, 5) is 11.8. The highest BCUT2D eigenvalue weighted by Gasteiger charge is 2.09. The van der Waals surface area contributed by atoms with Crippen LogP contribution in [0.25, 0.3) is 0 Å². The van der Waals surface area contributed by atoms with Crippen molar-refractivity contribution in [3.8, 4) is 0 Å². The third-order valence-corrected chi connectivity index (χ3v) is 4.57. The summed E-state index contributed by atoms with van der Waals surface area (Å²) < 4.78 is 12.8. The molecular weight excluding hydrogens is 368 g/mol. The topological polar surface area (TPSA) is 29.1 Å². The Kier molecular flexibility index (Phi) is 6.38. The third kappa shape index (κ3) is 5.06. The van der Waals surface area contributed by atoms with E-state index >= 15 is 0 Å². The average Bonchev–Trinajstić information content (AvgIpc) is 2.44. The van der Waals surface area contributed by atoms with Crippen molar-refractivity contribution >= 4 is 58.2 Å². The van der Waals surface area contributed by atoms with Gasteiger partial charge in [-0.1, -0.05) is 34.8 Å². The first-order chi connectivity index (χ1) is 10.5. The first-order valence-electron chi connectivity index (χ1n) is 6.22. The summed E-state index contributed by atoms with van der Waals surface area (Å²) in [5.74, 6) is 0.190. The van der Waals surface area contributed by atoms with E-state index in [9.17, 15) is 9.18 Å². The lowest BCUT2D eigenvalue weighted by Gasteiger charge is -2.08. The van der Waals surface area contributed by atoms with E-state index in [0.29, 0.717) is 26.5 Å². The van der Waals surface area contributed by atoms with Crippen molar-refractivity contribution in [2.45, 2.75) is 5.75 Å². The van der Waals surface area contributed by atoms with E-state index < -0.39 is 0 Å². The minimum Gasteiger partial charge on any atom is -0.325 e. The molecule has 0 saturated carbocycles. The monoisotopic (exact) mass is 377 g/mol. The molecule has 2 aromatic rings. The number of benzene rings is 2. The van der Waals surface area contributed by atoms with E-state index in [1.165, 1.54) is 36.0 Å². The SMILES string of the molecule is O=C(CSCc1c(Cl)cc(Cl)cc1Cl)Nc1ccc(F)cc1. The Morgan fingerprint density at radius 2 is 1.68 bits per heavy atom. The summed E-state index contributed by atoms with van der Waals surface area (Å²) in [6, 6.07) is 8.81. The van der Waals surface area contributed by atoms with E-state index in [1.807, 2.05) is 0 Å². The molecule has 7 heteroatoms. The van der Waals surface area contributed by atoms with Gasteiger partial charge in [0.25, 0.3) is 0 Å². The number of anilines is 1. The standard InChI is InChI=1S/C15H11Cl3FNOS/c16-9-5-13(17)12(14(18)6-9)7-22-8-15(21)20-11-3-1-10(19)2-4-11/h1-6H,7-8H2,(H,20,21). The Morgan fingerprint density at radius 3 is 2.27 bits per heavy atom. The van der Waals surface area contributed by atoms with E-state index in [2.05, 4.69) is 5.32 Å². The van der Waals surface area contributed by atoms with Crippen LogP contribution in [0.3, 0.4) is 0 Å². The zero-order chi connectivity index (χ0) is 16.1. The highest BCUT2D eigenvalue weighted by atomic mass is 35.5. The van der Waals surface area contributed by atoms with Crippen molar-refractivity contribution in [1.29, 1.82) is 0 Å². The van der Waals surface area contributed by atoms with Crippen LogP contribution >= 0.6 is 46.6 Å². The van der Waals surface area contributed by atoms with Gasteiger partial charge in [-0.3, -0.25) is 4.79 Å². The normalized spacial score (nSPS) is 10.5. The molecule has 0 aromatic heterocycles. The second-order valence-electron chi connectivity index (χ2n) is 4.40. The molecule has 22 heavy (non-hydrogen) atoms. The van der Waals surface area contributed by atoms with Gasteiger partial charge in [-0.05, 0) is 42.0 Å². The van der Waals surface area contributed by atoms with Crippen molar-refractivity contribution < 1.29 is 9.18 Å². The molecule has 0 aliphatic carbocycles. The lowest BCUT2D eigenvalue weighted by Crippen LogP contribution is -2.14. The summed E-state index contributed by atoms with van der Waals surface area (Å²) in [5, 5.41) is 4.10. The van der Waals surface area contributed by atoms with Crippen LogP contribution < -0.4 is 5.32 Å². The highest BCUT2D eigenvalue weighted by molar-refractivity contribution is 7.99. The minimum atomic E-state index is -0.348. The molecule has 0 spiro atoms. The molecule has 0 aliphatic rings. The molecule has 0 saturated heterocycles. The van der Waals surface area contributed by atoms with Crippen molar-refractivity contribution in [3.05, 3.63) is 62.8 Å². The largest absolute Gasteiger partial charge is 0.325 e. The van der Waals surface area contributed by atoms with Gasteiger partial charge in [0.1, 0.15) is 5.82 Å². The quantitative estimate of drug-likeness (QED) is 0.727. The van der Waals surface area contributed by atoms with Gasteiger partial charge in [0.2, 0.25) is 5.91 Å². The van der Waals surface area contributed by atoms with Gasteiger partial charge >= 0.3 is 0 Å². The first kappa shape index (κ1) is 17.4. The van der Waals surface area contributed by atoms with Gasteiger partial charge in [0, 0.05) is 26.5 Å². The van der Waals surface area contributed by atoms with Crippen LogP contribution in [0, 0.1) is 5.82 Å². The fourth-order valence-electron chi connectivity index (χ4n) is 1.69. The first-order valence-corrected chi connectivity index (χ1v) is 8.51. The lowest BCUT2D eigenvalue weighted by atomic mass is 10.2. The van der Waals surface area contributed by atoms with Crippen LogP contribution in [0.1, 0.15) is 5.56 Å². The van der Waals surface area contributed by atoms with Crippen LogP contribution in [0.15, 0.2) is 36.4 Å². The van der Waals surface area contributed by atoms with Crippen LogP contribution in [-0.4, -0.2) is 11.7 Å². The van der Waals surface area contributed by atoms with Gasteiger partial charge in [-0.15, -0.1) is 11.8 Å². The van der Waals surface area contributed by atoms with Gasteiger partial charge < -0.3 is 5.32 Å². The highest BCUT2D eigenvalue weighted by Crippen LogP contribution is 2.31. The number of carbonyl (C=O) groups is 1. The zero-order valence-corrected chi connectivity index (χ0v) is 14.3. The Bertz CT molecular complexity index is 656. The maximum atomic E-state index is 12.8. The molecule has 0 fully saturated rings. The fourth-order valence-corrected chi connectivity index (χ4v) is 3.67. The predicted molar refractivity (Wildman–Crippen MR) is 92.7 cm³/mol. The van der Waals surface area contributed by atoms with E-state index in [4.69, 9.17) is 34.8 Å². The van der Waals surface area contributed by atoms with Crippen LogP contribution in [0.5, 0.6) is 0 Å². The van der Waals surface area contributed by atoms with E-state index in [0.717, 1.165) is 5.56 Å². The number of hydrogen-bond donors (Lipinski definition) is 1. The summed E-state index contributed by atoms with van der Waals surface area (Å²) >= 11 is 19.4. The van der Waals surface area contributed by atoms with Crippen LogP contribution in [0.2, 0.25) is 15.1 Å². The molecule has 0 heterocycles. The molecule has 0 atom stereocenters. The predicted octanol–water partition coefficient (Wildman–Crippen LogP) is 5.66. The second kappa shape index (κ2) is 8.06. The Hall–Kier alpha value is -0.940. The Labute approximate surface area is 146 Å². The average molecular weight is 379 g/mol. The molecule has 1 amide bonds. The summed E-state index contributed by atoms with van der Waals surface area (Å²) in [5.41, 5.74) is 1.29. The molecular formula is C15H11Cl3FNOS. The van der Waals surface area contributed by atoms with Gasteiger partial charge in [0.05, 0.1) is 5.75 Å². The summed E-state index contributed by atoms with van der Waals surface area (Å²) in [6.07, 6.45) is 0. The number of rotatable bonds is 5. The van der Waals surface area contributed by atoms with Gasteiger partial charge in [0.15, 0.2) is 0 Å². The van der Waals surface area contributed by atoms with Crippen LogP contribution in [0.4, 0.5) is 10.1 Å². The molecule has 0 aliphatic heterocycles. The zero-order valence-electron chi connectivity index (χ0n) is 11.2. The summed E-state index contributed by atoms with van der Waals surface area (Å²) in [6.45, 7) is 0. The third-order valence-electron chi connectivity index (χ3n) is 2.71. The number of hydrogen-bond acceptors (Lipinski definition) is 2. The lowest BCUT2D eigenvalue weighted by molar-refractivity contribution is -0.113. The van der Waals surface area contributed by atoms with E-state index in [-0.39, 0.29) is 17.5 Å². The van der Waals surface area contributed by atoms with Gasteiger partial charge in [-0.25, -0.2) is 4.39 Å². The smallest absolute Gasteiger partial charge is 0.234 e. The molecule has 0 radical (unpaired) electrons. The number of carbonyl (C=O) groups excluding carboxylic acids is 1. The number of amides is 1. The minimum absolute atomic E-state index is 0.183. The van der Waals surface area contributed by atoms with Crippen molar-refractivity contribution in [2.24, 2.45) is 0 Å². The molecule has 2 aromatic carbocycles. The number of nitrogens with one attached hydrogen (secondary N) is 1. The fraction of sp³-hybridized carbons (Fsp3) is 0.133. The Balaban J connectivity index is 1.86. The molecule has 1 N–H and O–H groups in total. The number of thioether (sulfide) groups is 1. The van der Waals surface area contributed by atoms with Crippen molar-refractivity contribution in [3.63, 3.8) is 0 Å². The number of halogens is 4. The van der Waals surface area contributed by atoms with Crippen molar-refractivity contribution in [1.82, 2.24) is 0 Å². The van der Waals surface area contributed by atoms with E-state index in [1.54, 1.807) is 12.1 Å². The summed E-state index contributed by atoms with van der Waals surface area (Å²) in [7, 11) is 0. The second-order valence-corrected chi connectivity index (χ2v) is 6.63. The molecule has 116 valence electrons. The molecule has 2 nitrogen and oxygen atoms in total.